The lowest BCUT2D eigenvalue weighted by atomic mass is 10.2. The zero-order chi connectivity index (χ0) is 14.9. The summed E-state index contributed by atoms with van der Waals surface area (Å²) >= 11 is 6.21. The molecule has 1 saturated heterocycles. The summed E-state index contributed by atoms with van der Waals surface area (Å²) < 4.78 is 22.3. The van der Waals surface area contributed by atoms with Crippen LogP contribution in [-0.4, -0.2) is 38.3 Å². The van der Waals surface area contributed by atoms with Crippen LogP contribution in [-0.2, 0) is 16.0 Å². The summed E-state index contributed by atoms with van der Waals surface area (Å²) in [7, 11) is 0. The molecule has 6 heteroatoms. The lowest BCUT2D eigenvalue weighted by Gasteiger charge is -2.20. The van der Waals surface area contributed by atoms with Gasteiger partial charge in [-0.2, -0.15) is 0 Å². The number of hydrogen-bond acceptors (Lipinski definition) is 5. The van der Waals surface area contributed by atoms with Crippen LogP contribution < -0.4 is 14.8 Å². The Labute approximate surface area is 129 Å². The molecule has 21 heavy (non-hydrogen) atoms. The maximum atomic E-state index is 6.21. The average molecular weight is 314 g/mol. The Morgan fingerprint density at radius 3 is 2.86 bits per heavy atom. The summed E-state index contributed by atoms with van der Waals surface area (Å²) in [5.74, 6) is 0.875. The quantitative estimate of drug-likeness (QED) is 0.924. The first-order valence-electron chi connectivity index (χ1n) is 7.14. The van der Waals surface area contributed by atoms with Crippen molar-refractivity contribution in [3.05, 3.63) is 22.7 Å². The summed E-state index contributed by atoms with van der Waals surface area (Å²) in [6.07, 6.45) is 0.0766. The molecule has 3 rings (SSSR count). The molecule has 1 fully saturated rings. The number of nitrogens with one attached hydrogen (secondary N) is 1. The number of ether oxygens (including phenoxy) is 4. The number of benzene rings is 1. The molecule has 0 saturated carbocycles. The van der Waals surface area contributed by atoms with Crippen LogP contribution in [0.15, 0.2) is 12.1 Å². The predicted molar refractivity (Wildman–Crippen MR) is 79.1 cm³/mol. The van der Waals surface area contributed by atoms with Gasteiger partial charge in [0.05, 0.1) is 17.7 Å². The zero-order valence-corrected chi connectivity index (χ0v) is 13.0. The van der Waals surface area contributed by atoms with Gasteiger partial charge in [-0.25, -0.2) is 0 Å². The van der Waals surface area contributed by atoms with E-state index >= 15 is 0 Å². The van der Waals surface area contributed by atoms with Gasteiger partial charge in [0.1, 0.15) is 13.2 Å². The largest absolute Gasteiger partial charge is 0.486 e. The predicted octanol–water partition coefficient (Wildman–Crippen LogP) is 2.35. The third-order valence-electron chi connectivity index (χ3n) is 3.43. The summed E-state index contributed by atoms with van der Waals surface area (Å²) in [6.45, 7) is 6.98. The highest BCUT2D eigenvalue weighted by atomic mass is 35.5. The lowest BCUT2D eigenvalue weighted by Crippen LogP contribution is -2.30. The minimum atomic E-state index is -0.480. The Balaban J connectivity index is 1.55. The summed E-state index contributed by atoms with van der Waals surface area (Å²) in [4.78, 5) is 0. The third-order valence-corrected chi connectivity index (χ3v) is 3.71. The van der Waals surface area contributed by atoms with E-state index in [0.717, 1.165) is 12.1 Å². The second kappa shape index (κ2) is 6.01. The van der Waals surface area contributed by atoms with Crippen LogP contribution in [0.25, 0.3) is 0 Å². The molecule has 0 spiro atoms. The van der Waals surface area contributed by atoms with E-state index in [-0.39, 0.29) is 6.10 Å². The van der Waals surface area contributed by atoms with Crippen molar-refractivity contribution >= 4 is 11.6 Å². The van der Waals surface area contributed by atoms with Gasteiger partial charge < -0.3 is 24.3 Å². The molecule has 1 N–H and O–H groups in total. The summed E-state index contributed by atoms with van der Waals surface area (Å²) in [5, 5.41) is 3.94. The van der Waals surface area contributed by atoms with E-state index in [1.807, 2.05) is 26.0 Å². The first kappa shape index (κ1) is 14.9. The van der Waals surface area contributed by atoms with Crippen LogP contribution in [0, 0.1) is 0 Å². The fourth-order valence-corrected chi connectivity index (χ4v) is 2.80. The van der Waals surface area contributed by atoms with Gasteiger partial charge in [-0.1, -0.05) is 11.6 Å². The van der Waals surface area contributed by atoms with Crippen molar-refractivity contribution in [2.24, 2.45) is 0 Å². The van der Waals surface area contributed by atoms with Gasteiger partial charge in [0.15, 0.2) is 17.3 Å². The molecule has 0 amide bonds. The van der Waals surface area contributed by atoms with Gasteiger partial charge in [-0.3, -0.25) is 0 Å². The van der Waals surface area contributed by atoms with Gasteiger partial charge in [-0.05, 0) is 31.5 Å². The molecule has 1 atom stereocenters. The maximum absolute atomic E-state index is 6.21. The smallest absolute Gasteiger partial charge is 0.179 e. The topological polar surface area (TPSA) is 49.0 Å². The SMILES string of the molecule is CC1(C)OCC(CNCc2cc(Cl)c3c(c2)OCCO3)O1. The van der Waals surface area contributed by atoms with Crippen molar-refractivity contribution in [1.29, 1.82) is 0 Å². The van der Waals surface area contributed by atoms with Crippen LogP contribution in [0.2, 0.25) is 5.02 Å². The van der Waals surface area contributed by atoms with Crippen molar-refractivity contribution in [3.63, 3.8) is 0 Å². The summed E-state index contributed by atoms with van der Waals surface area (Å²) in [6, 6.07) is 3.86. The van der Waals surface area contributed by atoms with Crippen molar-refractivity contribution < 1.29 is 18.9 Å². The Hall–Kier alpha value is -1.01. The lowest BCUT2D eigenvalue weighted by molar-refractivity contribution is -0.137. The molecule has 0 bridgehead atoms. The molecule has 0 aromatic heterocycles. The number of hydrogen-bond donors (Lipinski definition) is 1. The Morgan fingerprint density at radius 1 is 1.29 bits per heavy atom. The number of fused-ring (bicyclic) bond motifs is 1. The van der Waals surface area contributed by atoms with Gasteiger partial charge >= 0.3 is 0 Å². The first-order chi connectivity index (χ1) is 10.0. The molecule has 1 aromatic carbocycles. The van der Waals surface area contributed by atoms with E-state index in [4.69, 9.17) is 30.5 Å². The molecular formula is C15H20ClNO4. The highest BCUT2D eigenvalue weighted by Crippen LogP contribution is 2.38. The molecule has 1 aromatic rings. The van der Waals surface area contributed by atoms with Crippen molar-refractivity contribution in [3.8, 4) is 11.5 Å². The minimum absolute atomic E-state index is 0.0766. The van der Waals surface area contributed by atoms with Gasteiger partial charge in [0, 0.05) is 13.1 Å². The zero-order valence-electron chi connectivity index (χ0n) is 12.3. The molecule has 2 aliphatic rings. The second-order valence-electron chi connectivity index (χ2n) is 5.68. The monoisotopic (exact) mass is 313 g/mol. The first-order valence-corrected chi connectivity index (χ1v) is 7.52. The molecule has 5 nitrogen and oxygen atoms in total. The highest BCUT2D eigenvalue weighted by Gasteiger charge is 2.32. The Bertz CT molecular complexity index is 521. The standard InChI is InChI=1S/C15H20ClNO4/c1-15(2)20-9-11(21-15)8-17-7-10-5-12(16)14-13(6-10)18-3-4-19-14/h5-6,11,17H,3-4,7-9H2,1-2H3. The molecule has 0 radical (unpaired) electrons. The molecule has 1 unspecified atom stereocenters. The van der Waals surface area contributed by atoms with Gasteiger partial charge in [-0.15, -0.1) is 0 Å². The molecule has 2 heterocycles. The highest BCUT2D eigenvalue weighted by molar-refractivity contribution is 6.32. The van der Waals surface area contributed by atoms with E-state index in [9.17, 15) is 0 Å². The minimum Gasteiger partial charge on any atom is -0.486 e. The van der Waals surface area contributed by atoms with Crippen LogP contribution >= 0.6 is 11.6 Å². The third kappa shape index (κ3) is 3.61. The maximum Gasteiger partial charge on any atom is 0.179 e. The Morgan fingerprint density at radius 2 is 2.10 bits per heavy atom. The van der Waals surface area contributed by atoms with Crippen LogP contribution in [0.3, 0.4) is 0 Å². The fraction of sp³-hybridized carbons (Fsp3) is 0.600. The van der Waals surface area contributed by atoms with Gasteiger partial charge in [0.2, 0.25) is 0 Å². The summed E-state index contributed by atoms with van der Waals surface area (Å²) in [5.41, 5.74) is 1.06. The van der Waals surface area contributed by atoms with E-state index in [2.05, 4.69) is 5.32 Å². The van der Waals surface area contributed by atoms with Gasteiger partial charge in [0.25, 0.3) is 0 Å². The van der Waals surface area contributed by atoms with Crippen LogP contribution in [0.1, 0.15) is 19.4 Å². The number of rotatable bonds is 4. The van der Waals surface area contributed by atoms with E-state index < -0.39 is 5.79 Å². The van der Waals surface area contributed by atoms with Crippen LogP contribution in [0.5, 0.6) is 11.5 Å². The van der Waals surface area contributed by atoms with Crippen LogP contribution in [0.4, 0.5) is 0 Å². The van der Waals surface area contributed by atoms with Crippen molar-refractivity contribution in [1.82, 2.24) is 5.32 Å². The molecular weight excluding hydrogens is 294 g/mol. The Kier molecular flexibility index (Phi) is 4.26. The van der Waals surface area contributed by atoms with E-state index in [0.29, 0.717) is 42.9 Å². The fourth-order valence-electron chi connectivity index (χ4n) is 2.51. The van der Waals surface area contributed by atoms with E-state index in [1.54, 1.807) is 0 Å². The molecule has 2 aliphatic heterocycles. The molecule has 0 aliphatic carbocycles. The number of halogens is 1. The van der Waals surface area contributed by atoms with E-state index in [1.165, 1.54) is 0 Å². The normalized spacial score (nSPS) is 23.3. The second-order valence-corrected chi connectivity index (χ2v) is 6.09. The van der Waals surface area contributed by atoms with Crippen molar-refractivity contribution in [2.75, 3.05) is 26.4 Å². The average Bonchev–Trinajstić information content (AvgIpc) is 2.78. The molecule has 116 valence electrons. The van der Waals surface area contributed by atoms with Crippen molar-refractivity contribution in [2.45, 2.75) is 32.3 Å².